The molecule has 0 atom stereocenters. The van der Waals surface area contributed by atoms with Crippen LogP contribution in [0.3, 0.4) is 0 Å². The highest BCUT2D eigenvalue weighted by Crippen LogP contribution is 2.27. The summed E-state index contributed by atoms with van der Waals surface area (Å²) >= 11 is 0. The summed E-state index contributed by atoms with van der Waals surface area (Å²) < 4.78 is 28.7. The van der Waals surface area contributed by atoms with Crippen LogP contribution in [0.15, 0.2) is 90.2 Å². The summed E-state index contributed by atoms with van der Waals surface area (Å²) in [6.07, 6.45) is 5.70. The largest absolute Gasteiger partial charge is 0.312 e. The third-order valence-corrected chi connectivity index (χ3v) is 7.16. The van der Waals surface area contributed by atoms with Crippen LogP contribution in [0.4, 0.5) is 5.82 Å². The van der Waals surface area contributed by atoms with E-state index in [9.17, 15) is 8.42 Å². The fourth-order valence-electron chi connectivity index (χ4n) is 3.72. The first-order valence-corrected chi connectivity index (χ1v) is 13.3. The standard InChI is InChI=1S/C28H31N5O2S/c1-28(2,3)23-11-13-25(14-12-23)36(34,35)33-27-26(31-18-19-32-27)22-9-7-21(8-10-22)20-29-17-15-24-6-4-5-16-30-24/h4-14,16,18-19,29H,15,17,20H2,1-3H3,(H,32,33). The Kier molecular flexibility index (Phi) is 7.76. The molecule has 4 rings (SSSR count). The highest BCUT2D eigenvalue weighted by atomic mass is 32.2. The molecule has 4 aromatic rings. The molecule has 0 aliphatic carbocycles. The summed E-state index contributed by atoms with van der Waals surface area (Å²) in [6.45, 7) is 7.81. The number of nitrogens with one attached hydrogen (secondary N) is 2. The van der Waals surface area contributed by atoms with Crippen molar-refractivity contribution in [1.29, 1.82) is 0 Å². The van der Waals surface area contributed by atoms with E-state index in [0.717, 1.165) is 41.9 Å². The van der Waals surface area contributed by atoms with Crippen LogP contribution < -0.4 is 10.0 Å². The number of pyridine rings is 1. The molecule has 0 radical (unpaired) electrons. The van der Waals surface area contributed by atoms with Crippen LogP contribution in [0.25, 0.3) is 11.3 Å². The number of rotatable bonds is 9. The van der Waals surface area contributed by atoms with Crippen LogP contribution in [0, 0.1) is 0 Å². The van der Waals surface area contributed by atoms with Crippen LogP contribution in [0.1, 0.15) is 37.6 Å². The van der Waals surface area contributed by atoms with Gasteiger partial charge < -0.3 is 5.32 Å². The summed E-state index contributed by atoms with van der Waals surface area (Å²) in [7, 11) is -3.82. The summed E-state index contributed by atoms with van der Waals surface area (Å²) in [5.74, 6) is 0.193. The molecule has 36 heavy (non-hydrogen) atoms. The minimum Gasteiger partial charge on any atom is -0.312 e. The molecule has 2 heterocycles. The fraction of sp³-hybridized carbons (Fsp3) is 0.250. The third-order valence-electron chi connectivity index (χ3n) is 5.80. The lowest BCUT2D eigenvalue weighted by Gasteiger charge is -2.19. The highest BCUT2D eigenvalue weighted by Gasteiger charge is 2.20. The van der Waals surface area contributed by atoms with Crippen molar-refractivity contribution >= 4 is 15.8 Å². The van der Waals surface area contributed by atoms with Crippen LogP contribution >= 0.6 is 0 Å². The molecule has 0 amide bonds. The lowest BCUT2D eigenvalue weighted by atomic mass is 9.87. The van der Waals surface area contributed by atoms with Gasteiger partial charge in [-0.1, -0.05) is 63.2 Å². The van der Waals surface area contributed by atoms with Crippen molar-refractivity contribution in [2.45, 2.75) is 44.0 Å². The Morgan fingerprint density at radius 3 is 2.19 bits per heavy atom. The van der Waals surface area contributed by atoms with Crippen LogP contribution in [0.5, 0.6) is 0 Å². The Morgan fingerprint density at radius 2 is 1.53 bits per heavy atom. The quantitative estimate of drug-likeness (QED) is 0.314. The zero-order valence-corrected chi connectivity index (χ0v) is 21.6. The van der Waals surface area contributed by atoms with E-state index in [1.54, 1.807) is 24.5 Å². The van der Waals surface area contributed by atoms with Crippen molar-refractivity contribution < 1.29 is 8.42 Å². The molecule has 2 N–H and O–H groups in total. The predicted octanol–water partition coefficient (Wildman–Crippen LogP) is 4.97. The van der Waals surface area contributed by atoms with Crippen molar-refractivity contribution in [2.75, 3.05) is 11.3 Å². The Labute approximate surface area is 213 Å². The average Bonchev–Trinajstić information content (AvgIpc) is 2.87. The number of anilines is 1. The number of benzene rings is 2. The van der Waals surface area contributed by atoms with Crippen LogP contribution in [-0.4, -0.2) is 29.9 Å². The van der Waals surface area contributed by atoms with E-state index < -0.39 is 10.0 Å². The van der Waals surface area contributed by atoms with E-state index in [1.165, 1.54) is 6.20 Å². The molecule has 0 aliphatic rings. The van der Waals surface area contributed by atoms with E-state index in [0.29, 0.717) is 5.69 Å². The number of hydrogen-bond acceptors (Lipinski definition) is 6. The Morgan fingerprint density at radius 1 is 0.806 bits per heavy atom. The number of aromatic nitrogens is 3. The summed E-state index contributed by atoms with van der Waals surface area (Å²) in [5.41, 5.74) is 4.43. The summed E-state index contributed by atoms with van der Waals surface area (Å²) in [5, 5.41) is 3.42. The average molecular weight is 502 g/mol. The van der Waals surface area contributed by atoms with Crippen LogP contribution in [-0.2, 0) is 28.4 Å². The number of sulfonamides is 1. The summed E-state index contributed by atoms with van der Waals surface area (Å²) in [4.78, 5) is 13.2. The van der Waals surface area contributed by atoms with E-state index >= 15 is 0 Å². The fourth-order valence-corrected chi connectivity index (χ4v) is 4.74. The Hall–Kier alpha value is -3.62. The first kappa shape index (κ1) is 25.5. The normalized spacial score (nSPS) is 11.9. The van der Waals surface area contributed by atoms with Gasteiger partial charge in [-0.3, -0.25) is 14.7 Å². The van der Waals surface area contributed by atoms with E-state index in [2.05, 4.69) is 45.8 Å². The van der Waals surface area contributed by atoms with Gasteiger partial charge in [0.2, 0.25) is 0 Å². The van der Waals surface area contributed by atoms with E-state index in [-0.39, 0.29) is 16.1 Å². The van der Waals surface area contributed by atoms with Gasteiger partial charge in [-0.25, -0.2) is 13.4 Å². The molecule has 0 unspecified atom stereocenters. The maximum atomic E-state index is 13.1. The zero-order valence-electron chi connectivity index (χ0n) is 20.8. The number of hydrogen-bond donors (Lipinski definition) is 2. The predicted molar refractivity (Wildman–Crippen MR) is 143 cm³/mol. The van der Waals surface area contributed by atoms with Crippen LogP contribution in [0.2, 0.25) is 0 Å². The van der Waals surface area contributed by atoms with Gasteiger partial charge in [0, 0.05) is 49.4 Å². The molecular formula is C28H31N5O2S. The first-order chi connectivity index (χ1) is 17.2. The van der Waals surface area contributed by atoms with Gasteiger partial charge in [-0.05, 0) is 40.8 Å². The minimum atomic E-state index is -3.82. The molecule has 0 bridgehead atoms. The molecule has 0 fully saturated rings. The smallest absolute Gasteiger partial charge is 0.263 e. The molecule has 0 saturated carbocycles. The second kappa shape index (κ2) is 11.0. The second-order valence-corrected chi connectivity index (χ2v) is 11.3. The molecule has 2 aromatic heterocycles. The molecule has 186 valence electrons. The maximum absolute atomic E-state index is 13.1. The SMILES string of the molecule is CC(C)(C)c1ccc(S(=O)(=O)Nc2nccnc2-c2ccc(CNCCc3ccccn3)cc2)cc1. The van der Waals surface area contributed by atoms with Crippen molar-refractivity contribution in [3.8, 4) is 11.3 Å². The second-order valence-electron chi connectivity index (χ2n) is 9.58. The van der Waals surface area contributed by atoms with Crippen molar-refractivity contribution in [3.05, 3.63) is 102 Å². The molecule has 0 spiro atoms. The third kappa shape index (κ3) is 6.53. The van der Waals surface area contributed by atoms with Gasteiger partial charge in [0.25, 0.3) is 10.0 Å². The lowest BCUT2D eigenvalue weighted by Crippen LogP contribution is -2.17. The minimum absolute atomic E-state index is 0.0609. The molecule has 2 aromatic carbocycles. The van der Waals surface area contributed by atoms with E-state index in [4.69, 9.17) is 0 Å². The Balaban J connectivity index is 1.43. The van der Waals surface area contributed by atoms with Gasteiger partial charge >= 0.3 is 0 Å². The molecule has 0 aliphatic heterocycles. The lowest BCUT2D eigenvalue weighted by molar-refractivity contribution is 0.587. The van der Waals surface area contributed by atoms with E-state index in [1.807, 2.05) is 54.6 Å². The molecule has 8 heteroatoms. The van der Waals surface area contributed by atoms with Gasteiger partial charge in [0.1, 0.15) is 5.69 Å². The monoisotopic (exact) mass is 501 g/mol. The zero-order chi connectivity index (χ0) is 25.6. The maximum Gasteiger partial charge on any atom is 0.263 e. The van der Waals surface area contributed by atoms with Gasteiger partial charge in [0.05, 0.1) is 4.90 Å². The van der Waals surface area contributed by atoms with Gasteiger partial charge in [-0.15, -0.1) is 0 Å². The van der Waals surface area contributed by atoms with Crippen molar-refractivity contribution in [1.82, 2.24) is 20.3 Å². The first-order valence-electron chi connectivity index (χ1n) is 11.9. The molecule has 7 nitrogen and oxygen atoms in total. The van der Waals surface area contributed by atoms with Gasteiger partial charge in [-0.2, -0.15) is 0 Å². The van der Waals surface area contributed by atoms with Crippen molar-refractivity contribution in [2.24, 2.45) is 0 Å². The highest BCUT2D eigenvalue weighted by molar-refractivity contribution is 7.92. The molecular weight excluding hydrogens is 470 g/mol. The number of nitrogens with zero attached hydrogens (tertiary/aromatic N) is 3. The Bertz CT molecular complexity index is 1380. The molecule has 0 saturated heterocycles. The van der Waals surface area contributed by atoms with Gasteiger partial charge in [0.15, 0.2) is 5.82 Å². The topological polar surface area (TPSA) is 96.9 Å². The summed E-state index contributed by atoms with van der Waals surface area (Å²) in [6, 6.07) is 20.7. The van der Waals surface area contributed by atoms with Crippen molar-refractivity contribution in [3.63, 3.8) is 0 Å².